The molecule has 184 valence electrons. The van der Waals surface area contributed by atoms with Crippen LogP contribution < -0.4 is 11.1 Å². The minimum atomic E-state index is -1.26. The molecule has 0 radical (unpaired) electrons. The standard InChI is InChI=1S/C18H23N7O7S2/c1-25(4-8(26)9(27)5-25)3-7-6-33-16-11(15(29)24(16)12(7)17(30)31)20-14(28)10(22-32-2)13-21-18(19)34-23-13/h8-9,11,16,26-27H,3-6H2,1-2H3,(H3-,19,20,21,23,28,30,31)/p+1/b22-10-/t8-,9-,11?,16-/m1/s1. The van der Waals surface area contributed by atoms with Crippen LogP contribution in [0, 0.1) is 0 Å². The summed E-state index contributed by atoms with van der Waals surface area (Å²) in [5, 5.41) is 35.4. The minimum absolute atomic E-state index is 0.0536. The van der Waals surface area contributed by atoms with Crippen LogP contribution >= 0.6 is 23.3 Å². The SMILES string of the molecule is CO/N=C(\C(=O)NC1C(=O)N2C(C(=O)O)=C(C[N+]3(C)C[C@@H](O)[C@H](O)C3)CS[C@H]12)c1nsc(N)n1. The van der Waals surface area contributed by atoms with Crippen molar-refractivity contribution in [3.63, 3.8) is 0 Å². The normalized spacial score (nSPS) is 28.4. The summed E-state index contributed by atoms with van der Waals surface area (Å²) >= 11 is 2.19. The summed E-state index contributed by atoms with van der Waals surface area (Å²) in [6.45, 7) is 0.808. The molecule has 2 saturated heterocycles. The number of hydrogen-bond donors (Lipinski definition) is 5. The Morgan fingerprint density at radius 1 is 1.35 bits per heavy atom. The van der Waals surface area contributed by atoms with Gasteiger partial charge in [0.05, 0.1) is 7.05 Å². The van der Waals surface area contributed by atoms with Crippen molar-refractivity contribution in [2.75, 3.05) is 45.3 Å². The molecule has 2 amide bonds. The number of aliphatic carboxylic acids is 1. The number of carbonyl (C=O) groups excluding carboxylic acids is 2. The van der Waals surface area contributed by atoms with Crippen LogP contribution in [0.3, 0.4) is 0 Å². The van der Waals surface area contributed by atoms with Gasteiger partial charge in [-0.15, -0.1) is 11.8 Å². The lowest BCUT2D eigenvalue weighted by molar-refractivity contribution is -0.895. The van der Waals surface area contributed by atoms with Gasteiger partial charge in [-0.3, -0.25) is 14.5 Å². The molecule has 0 bridgehead atoms. The zero-order valence-electron chi connectivity index (χ0n) is 18.2. The van der Waals surface area contributed by atoms with Crippen LogP contribution in [0.15, 0.2) is 16.4 Å². The van der Waals surface area contributed by atoms with E-state index in [4.69, 9.17) is 10.6 Å². The number of nitrogens with zero attached hydrogens (tertiary/aromatic N) is 5. The van der Waals surface area contributed by atoms with Crippen molar-refractivity contribution >= 4 is 51.9 Å². The second kappa shape index (κ2) is 9.10. The highest BCUT2D eigenvalue weighted by Gasteiger charge is 2.55. The highest BCUT2D eigenvalue weighted by molar-refractivity contribution is 8.00. The molecule has 0 saturated carbocycles. The van der Waals surface area contributed by atoms with Crippen molar-refractivity contribution < 1.29 is 39.0 Å². The molecule has 4 rings (SSSR count). The number of amides is 2. The molecule has 0 aliphatic carbocycles. The second-order valence-electron chi connectivity index (χ2n) is 8.47. The first kappa shape index (κ1) is 24.3. The number of nitrogens with one attached hydrogen (secondary N) is 1. The Morgan fingerprint density at radius 3 is 2.59 bits per heavy atom. The molecule has 0 spiro atoms. The number of aromatic nitrogens is 2. The van der Waals surface area contributed by atoms with Crippen molar-refractivity contribution in [2.45, 2.75) is 23.6 Å². The van der Waals surface area contributed by atoms with Gasteiger partial charge in [0.1, 0.15) is 56.1 Å². The summed E-state index contributed by atoms with van der Waals surface area (Å²) in [6, 6.07) is -0.980. The van der Waals surface area contributed by atoms with Crippen LogP contribution in [0.4, 0.5) is 5.13 Å². The van der Waals surface area contributed by atoms with Gasteiger partial charge in [0.15, 0.2) is 5.13 Å². The summed E-state index contributed by atoms with van der Waals surface area (Å²) in [7, 11) is 3.06. The first-order valence-corrected chi connectivity index (χ1v) is 12.0. The number of quaternary nitrogens is 1. The summed E-state index contributed by atoms with van der Waals surface area (Å²) < 4.78 is 4.18. The molecule has 4 heterocycles. The van der Waals surface area contributed by atoms with Crippen molar-refractivity contribution in [1.29, 1.82) is 0 Å². The number of carboxylic acid groups (broad SMARTS) is 1. The Labute approximate surface area is 201 Å². The van der Waals surface area contributed by atoms with Crippen LogP contribution in [0.5, 0.6) is 0 Å². The number of carbonyl (C=O) groups is 3. The topological polar surface area (TPSA) is 201 Å². The molecule has 3 aliphatic heterocycles. The van der Waals surface area contributed by atoms with Gasteiger partial charge in [0.25, 0.3) is 11.8 Å². The number of fused-ring (bicyclic) bond motifs is 1. The zero-order valence-corrected chi connectivity index (χ0v) is 19.9. The third-order valence-corrected chi connectivity index (χ3v) is 7.74. The van der Waals surface area contributed by atoms with Crippen LogP contribution in [0.25, 0.3) is 0 Å². The number of likely N-dealkylation sites (N-methyl/N-ethyl adjacent to an activating group) is 1. The van der Waals surface area contributed by atoms with E-state index in [-0.39, 0.29) is 46.5 Å². The van der Waals surface area contributed by atoms with Gasteiger partial charge in [0.2, 0.25) is 11.5 Å². The number of nitrogens with two attached hydrogens (primary N) is 1. The average Bonchev–Trinajstić information content (AvgIpc) is 3.30. The number of aliphatic hydroxyl groups is 2. The van der Waals surface area contributed by atoms with E-state index in [9.17, 15) is 29.7 Å². The van der Waals surface area contributed by atoms with Gasteiger partial charge in [-0.05, 0) is 0 Å². The van der Waals surface area contributed by atoms with Gasteiger partial charge in [0, 0.05) is 22.9 Å². The van der Waals surface area contributed by atoms with Crippen LogP contribution in [0.2, 0.25) is 0 Å². The lowest BCUT2D eigenvalue weighted by Crippen LogP contribution is -2.71. The van der Waals surface area contributed by atoms with E-state index in [1.165, 1.54) is 18.9 Å². The fraction of sp³-hybridized carbons (Fsp3) is 0.556. The smallest absolute Gasteiger partial charge is 0.352 e. The number of β-lactam (4-membered cyclic amide) rings is 1. The Kier molecular flexibility index (Phi) is 6.52. The van der Waals surface area contributed by atoms with Crippen molar-refractivity contribution in [3.8, 4) is 0 Å². The number of thioether (sulfide) groups is 1. The predicted octanol–water partition coefficient (Wildman–Crippen LogP) is -2.61. The van der Waals surface area contributed by atoms with Crippen LogP contribution in [-0.2, 0) is 19.2 Å². The summed E-state index contributed by atoms with van der Waals surface area (Å²) in [6.07, 6.45) is -1.78. The van der Waals surface area contributed by atoms with E-state index in [1.54, 1.807) is 0 Å². The molecule has 2 fully saturated rings. The van der Waals surface area contributed by atoms with Crippen molar-refractivity contribution in [3.05, 3.63) is 17.1 Å². The fourth-order valence-electron chi connectivity index (χ4n) is 4.43. The zero-order chi connectivity index (χ0) is 24.8. The van der Waals surface area contributed by atoms with E-state index in [0.717, 1.165) is 16.4 Å². The van der Waals surface area contributed by atoms with Crippen molar-refractivity contribution in [1.82, 2.24) is 19.6 Å². The summed E-state index contributed by atoms with van der Waals surface area (Å²) in [5.74, 6) is -2.34. The molecule has 1 unspecified atom stereocenters. The molecule has 16 heteroatoms. The maximum absolute atomic E-state index is 12.9. The number of likely N-dealkylation sites (tertiary alicyclic amines) is 1. The van der Waals surface area contributed by atoms with Gasteiger partial charge in [-0.1, -0.05) is 5.16 Å². The molecular weight excluding hydrogens is 490 g/mol. The Hall–Kier alpha value is -2.79. The molecule has 1 aromatic heterocycles. The fourth-order valence-corrected chi connectivity index (χ4v) is 6.20. The van der Waals surface area contributed by atoms with E-state index in [0.29, 0.717) is 11.3 Å². The number of hydrogen-bond acceptors (Lipinski definition) is 12. The van der Waals surface area contributed by atoms with E-state index in [1.807, 2.05) is 7.05 Å². The average molecular weight is 515 g/mol. The monoisotopic (exact) mass is 514 g/mol. The molecule has 4 atom stereocenters. The van der Waals surface area contributed by atoms with Crippen molar-refractivity contribution in [2.24, 2.45) is 5.16 Å². The summed E-state index contributed by atoms with van der Waals surface area (Å²) in [4.78, 5) is 47.6. The first-order valence-electron chi connectivity index (χ1n) is 10.2. The number of rotatable bonds is 7. The van der Waals surface area contributed by atoms with E-state index >= 15 is 0 Å². The Morgan fingerprint density at radius 2 is 2.03 bits per heavy atom. The maximum Gasteiger partial charge on any atom is 0.352 e. The second-order valence-corrected chi connectivity index (χ2v) is 10.4. The van der Waals surface area contributed by atoms with Crippen LogP contribution in [-0.4, -0.2) is 121 Å². The van der Waals surface area contributed by atoms with Gasteiger partial charge >= 0.3 is 5.97 Å². The highest BCUT2D eigenvalue weighted by atomic mass is 32.2. The van der Waals surface area contributed by atoms with Gasteiger partial charge in [-0.25, -0.2) is 4.79 Å². The third-order valence-electron chi connectivity index (χ3n) is 5.86. The predicted molar refractivity (Wildman–Crippen MR) is 120 cm³/mol. The largest absolute Gasteiger partial charge is 0.477 e. The van der Waals surface area contributed by atoms with E-state index in [2.05, 4.69) is 19.8 Å². The van der Waals surface area contributed by atoms with Crippen LogP contribution in [0.1, 0.15) is 5.82 Å². The Balaban J connectivity index is 1.52. The maximum atomic E-state index is 12.9. The van der Waals surface area contributed by atoms with Gasteiger partial charge < -0.3 is 35.7 Å². The minimum Gasteiger partial charge on any atom is -0.477 e. The quantitative estimate of drug-likeness (QED) is 0.110. The lowest BCUT2D eigenvalue weighted by Gasteiger charge is -2.49. The Bertz CT molecular complexity index is 1080. The number of anilines is 1. The molecule has 6 N–H and O–H groups in total. The first-order chi connectivity index (χ1) is 16.0. The lowest BCUT2D eigenvalue weighted by atomic mass is 10.0. The number of aliphatic hydroxyl groups excluding tert-OH is 2. The third kappa shape index (κ3) is 4.34. The summed E-state index contributed by atoms with van der Waals surface area (Å²) in [5.41, 5.74) is 5.70. The number of nitrogen functional groups attached to an aromatic ring is 1. The van der Waals surface area contributed by atoms with E-state index < -0.39 is 41.4 Å². The van der Waals surface area contributed by atoms with Gasteiger partial charge in [-0.2, -0.15) is 9.36 Å². The molecule has 14 nitrogen and oxygen atoms in total. The number of carboxylic acids is 1. The number of oxime groups is 1. The molecule has 34 heavy (non-hydrogen) atoms. The molecular formula is C18H24N7O7S2+. The highest BCUT2D eigenvalue weighted by Crippen LogP contribution is 2.41. The molecule has 0 aromatic carbocycles. The molecule has 3 aliphatic rings. The molecule has 1 aromatic rings.